The lowest BCUT2D eigenvalue weighted by Crippen LogP contribution is -1.90. The van der Waals surface area contributed by atoms with Crippen molar-refractivity contribution < 1.29 is 9.18 Å². The minimum atomic E-state index is -0.494. The van der Waals surface area contributed by atoms with Crippen LogP contribution in [-0.4, -0.2) is 11.3 Å². The molecule has 0 radical (unpaired) electrons. The van der Waals surface area contributed by atoms with Gasteiger partial charge in [-0.15, -0.1) is 11.3 Å². The quantitative estimate of drug-likeness (QED) is 0.770. The Morgan fingerprint density at radius 1 is 1.47 bits per heavy atom. The molecule has 2 rings (SSSR count). The number of carbonyl (C=O) groups excluding carboxylic acids is 1. The molecule has 0 N–H and O–H groups in total. The molecule has 0 aliphatic rings. The van der Waals surface area contributed by atoms with Crippen molar-refractivity contribution >= 4 is 29.4 Å². The van der Waals surface area contributed by atoms with Crippen LogP contribution in [0.25, 0.3) is 0 Å². The Kier molecular flexibility index (Phi) is 3.13. The Morgan fingerprint density at radius 2 is 2.33 bits per heavy atom. The van der Waals surface area contributed by atoms with E-state index in [4.69, 9.17) is 0 Å². The van der Waals surface area contributed by atoms with Crippen molar-refractivity contribution in [3.63, 3.8) is 0 Å². The van der Waals surface area contributed by atoms with Crippen LogP contribution in [0.15, 0.2) is 39.0 Å². The number of benzene rings is 1. The number of rotatable bonds is 3. The fraction of sp³-hybridized carbons (Fsp3) is 0. The zero-order valence-electron chi connectivity index (χ0n) is 7.51. The first-order chi connectivity index (χ1) is 7.31. The van der Waals surface area contributed by atoms with Gasteiger partial charge in [-0.2, -0.15) is 0 Å². The van der Waals surface area contributed by atoms with Crippen molar-refractivity contribution in [2.75, 3.05) is 0 Å². The zero-order chi connectivity index (χ0) is 10.7. The van der Waals surface area contributed by atoms with Crippen LogP contribution in [0.1, 0.15) is 10.4 Å². The maximum Gasteiger partial charge on any atom is 0.154 e. The first-order valence-electron chi connectivity index (χ1n) is 4.12. The highest BCUT2D eigenvalue weighted by Crippen LogP contribution is 2.31. The molecule has 1 aromatic carbocycles. The number of aldehydes is 1. The number of carbonyl (C=O) groups is 1. The number of thiazole rings is 1. The summed E-state index contributed by atoms with van der Waals surface area (Å²) in [6.45, 7) is 0. The molecule has 0 aliphatic heterocycles. The Hall–Kier alpha value is -1.20. The summed E-state index contributed by atoms with van der Waals surface area (Å²) >= 11 is 2.75. The first kappa shape index (κ1) is 10.3. The van der Waals surface area contributed by atoms with Gasteiger partial charge in [-0.25, -0.2) is 9.37 Å². The molecule has 0 fully saturated rings. The van der Waals surface area contributed by atoms with E-state index >= 15 is 0 Å². The van der Waals surface area contributed by atoms with E-state index in [9.17, 15) is 9.18 Å². The van der Waals surface area contributed by atoms with E-state index in [-0.39, 0.29) is 5.56 Å². The lowest BCUT2D eigenvalue weighted by atomic mass is 10.2. The molecule has 0 bridgehead atoms. The molecule has 0 spiro atoms. The first-order valence-corrected chi connectivity index (χ1v) is 5.82. The predicted octanol–water partition coefficient (Wildman–Crippen LogP) is 3.25. The fourth-order valence-electron chi connectivity index (χ4n) is 1.08. The van der Waals surface area contributed by atoms with Crippen LogP contribution in [0, 0.1) is 5.82 Å². The van der Waals surface area contributed by atoms with Gasteiger partial charge in [0.1, 0.15) is 5.82 Å². The Bertz CT molecular complexity index is 470. The largest absolute Gasteiger partial charge is 0.298 e. The van der Waals surface area contributed by atoms with Gasteiger partial charge in [-0.3, -0.25) is 4.79 Å². The monoisotopic (exact) mass is 239 g/mol. The summed E-state index contributed by atoms with van der Waals surface area (Å²) in [6.07, 6.45) is 2.21. The van der Waals surface area contributed by atoms with Gasteiger partial charge in [-0.1, -0.05) is 17.8 Å². The molecule has 0 saturated heterocycles. The average molecular weight is 239 g/mol. The van der Waals surface area contributed by atoms with E-state index in [0.717, 1.165) is 4.34 Å². The summed E-state index contributed by atoms with van der Waals surface area (Å²) in [4.78, 5) is 15.4. The zero-order valence-corrected chi connectivity index (χ0v) is 9.15. The van der Waals surface area contributed by atoms with Crippen molar-refractivity contribution in [1.82, 2.24) is 4.98 Å². The second-order valence-corrected chi connectivity index (χ2v) is 4.85. The molecule has 1 aromatic heterocycles. The summed E-state index contributed by atoms with van der Waals surface area (Å²) in [7, 11) is 0. The smallest absolute Gasteiger partial charge is 0.154 e. The van der Waals surface area contributed by atoms with Gasteiger partial charge in [-0.05, 0) is 12.1 Å². The number of aromatic nitrogens is 1. The van der Waals surface area contributed by atoms with E-state index < -0.39 is 5.82 Å². The van der Waals surface area contributed by atoms with E-state index in [0.29, 0.717) is 11.2 Å². The molecule has 0 unspecified atom stereocenters. The molecule has 0 aliphatic carbocycles. The second-order valence-electron chi connectivity index (χ2n) is 2.67. The van der Waals surface area contributed by atoms with Gasteiger partial charge in [0, 0.05) is 16.5 Å². The number of hydrogen-bond acceptors (Lipinski definition) is 4. The lowest BCUT2D eigenvalue weighted by molar-refractivity contribution is 0.111. The summed E-state index contributed by atoms with van der Waals surface area (Å²) in [6, 6.07) is 4.56. The number of halogens is 1. The molecule has 0 atom stereocenters. The summed E-state index contributed by atoms with van der Waals surface area (Å²) in [5, 5.41) is 1.84. The molecule has 2 aromatic rings. The summed E-state index contributed by atoms with van der Waals surface area (Å²) in [5.41, 5.74) is 0.0951. The maximum atomic E-state index is 13.2. The third-order valence-corrected chi connectivity index (χ3v) is 3.70. The van der Waals surface area contributed by atoms with E-state index in [1.54, 1.807) is 18.3 Å². The van der Waals surface area contributed by atoms with Crippen LogP contribution in [0.3, 0.4) is 0 Å². The molecular formula is C10H6FNOS2. The highest BCUT2D eigenvalue weighted by atomic mass is 32.2. The SMILES string of the molecule is O=Cc1c(F)cccc1Sc1nccs1. The van der Waals surface area contributed by atoms with Crippen LogP contribution in [0.4, 0.5) is 4.39 Å². The summed E-state index contributed by atoms with van der Waals surface area (Å²) in [5.74, 6) is -0.494. The molecule has 2 nitrogen and oxygen atoms in total. The van der Waals surface area contributed by atoms with Crippen LogP contribution in [0.2, 0.25) is 0 Å². The van der Waals surface area contributed by atoms with E-state index in [1.165, 1.54) is 29.2 Å². The average Bonchev–Trinajstić information content (AvgIpc) is 2.71. The standard InChI is InChI=1S/C10H6FNOS2/c11-8-2-1-3-9(7(8)6-13)15-10-12-4-5-14-10/h1-6H. The van der Waals surface area contributed by atoms with Gasteiger partial charge in [0.15, 0.2) is 10.6 Å². The molecular weight excluding hydrogens is 233 g/mol. The predicted molar refractivity (Wildman–Crippen MR) is 58.0 cm³/mol. The highest BCUT2D eigenvalue weighted by Gasteiger charge is 2.09. The fourth-order valence-corrected chi connectivity index (χ4v) is 2.77. The molecule has 0 saturated carbocycles. The Morgan fingerprint density at radius 3 is 3.00 bits per heavy atom. The van der Waals surface area contributed by atoms with E-state index in [2.05, 4.69) is 4.98 Å². The Balaban J connectivity index is 2.36. The third-order valence-electron chi connectivity index (χ3n) is 1.74. The topological polar surface area (TPSA) is 30.0 Å². The molecule has 0 amide bonds. The van der Waals surface area contributed by atoms with Crippen molar-refractivity contribution in [2.45, 2.75) is 9.24 Å². The van der Waals surface area contributed by atoms with Crippen LogP contribution in [0.5, 0.6) is 0 Å². The van der Waals surface area contributed by atoms with Crippen molar-refractivity contribution in [2.24, 2.45) is 0 Å². The lowest BCUT2D eigenvalue weighted by Gasteiger charge is -2.02. The summed E-state index contributed by atoms with van der Waals surface area (Å²) < 4.78 is 14.0. The van der Waals surface area contributed by atoms with Crippen molar-refractivity contribution in [3.8, 4) is 0 Å². The highest BCUT2D eigenvalue weighted by molar-refractivity contribution is 8.01. The normalized spacial score (nSPS) is 10.2. The molecule has 76 valence electrons. The number of nitrogens with zero attached hydrogens (tertiary/aromatic N) is 1. The van der Waals surface area contributed by atoms with Gasteiger partial charge in [0.05, 0.1) is 5.56 Å². The Labute approximate surface area is 94.2 Å². The van der Waals surface area contributed by atoms with Crippen molar-refractivity contribution in [1.29, 1.82) is 0 Å². The molecule has 1 heterocycles. The van der Waals surface area contributed by atoms with Gasteiger partial charge >= 0.3 is 0 Å². The minimum absolute atomic E-state index is 0.0951. The minimum Gasteiger partial charge on any atom is -0.298 e. The van der Waals surface area contributed by atoms with Crippen molar-refractivity contribution in [3.05, 3.63) is 41.2 Å². The van der Waals surface area contributed by atoms with Gasteiger partial charge in [0.2, 0.25) is 0 Å². The number of hydrogen-bond donors (Lipinski definition) is 0. The van der Waals surface area contributed by atoms with Crippen LogP contribution in [-0.2, 0) is 0 Å². The van der Waals surface area contributed by atoms with Crippen LogP contribution < -0.4 is 0 Å². The van der Waals surface area contributed by atoms with Gasteiger partial charge < -0.3 is 0 Å². The molecule has 5 heteroatoms. The van der Waals surface area contributed by atoms with Gasteiger partial charge in [0.25, 0.3) is 0 Å². The third kappa shape index (κ3) is 2.24. The van der Waals surface area contributed by atoms with Crippen LogP contribution >= 0.6 is 23.1 Å². The maximum absolute atomic E-state index is 13.2. The second kappa shape index (κ2) is 4.55. The van der Waals surface area contributed by atoms with E-state index in [1.807, 2.05) is 5.38 Å². The molecule has 15 heavy (non-hydrogen) atoms.